The third-order valence-corrected chi connectivity index (χ3v) is 4.99. The molecule has 0 spiro atoms. The average molecular weight is 437 g/mol. The fraction of sp³-hybridized carbons (Fsp3) is 0.261. The number of ether oxygens (including phenoxy) is 3. The Balaban J connectivity index is 2.11. The van der Waals surface area contributed by atoms with Crippen molar-refractivity contribution in [2.45, 2.75) is 18.5 Å². The van der Waals surface area contributed by atoms with E-state index in [9.17, 15) is 5.26 Å². The summed E-state index contributed by atoms with van der Waals surface area (Å²) in [5.74, 6) is 2.27. The summed E-state index contributed by atoms with van der Waals surface area (Å²) in [7, 11) is 3.15. The summed E-state index contributed by atoms with van der Waals surface area (Å²) in [6.45, 7) is 2.65. The van der Waals surface area contributed by atoms with Crippen LogP contribution in [0, 0.1) is 11.3 Å². The average Bonchev–Trinajstić information content (AvgIpc) is 2.82. The van der Waals surface area contributed by atoms with Crippen LogP contribution in [0.15, 0.2) is 47.6 Å². The first-order valence-corrected chi connectivity index (χ1v) is 10.9. The van der Waals surface area contributed by atoms with Gasteiger partial charge in [-0.2, -0.15) is 5.26 Å². The number of para-hydroxylation sites is 2. The van der Waals surface area contributed by atoms with Crippen molar-refractivity contribution in [3.8, 4) is 34.6 Å². The zero-order chi connectivity index (χ0) is 22.2. The maximum absolute atomic E-state index is 9.98. The number of hydrogen-bond acceptors (Lipinski definition) is 8. The van der Waals surface area contributed by atoms with Gasteiger partial charge in [-0.1, -0.05) is 30.8 Å². The number of benzene rings is 2. The highest BCUT2D eigenvalue weighted by molar-refractivity contribution is 7.98. The van der Waals surface area contributed by atoms with Gasteiger partial charge < -0.3 is 19.5 Å². The first-order chi connectivity index (χ1) is 15.1. The van der Waals surface area contributed by atoms with Crippen LogP contribution in [-0.4, -0.2) is 37.1 Å². The van der Waals surface area contributed by atoms with E-state index in [2.05, 4.69) is 28.3 Å². The van der Waals surface area contributed by atoms with Gasteiger partial charge >= 0.3 is 0 Å². The van der Waals surface area contributed by atoms with Crippen LogP contribution in [-0.2, 0) is 0 Å². The Bertz CT molecular complexity index is 1100. The van der Waals surface area contributed by atoms with Crippen LogP contribution in [0.25, 0.3) is 11.3 Å². The molecule has 8 heteroatoms. The zero-order valence-corrected chi connectivity index (χ0v) is 18.7. The highest BCUT2D eigenvalue weighted by atomic mass is 32.2. The number of nitrogens with one attached hydrogen (secondary N) is 1. The molecular weight excluding hydrogens is 412 g/mol. The van der Waals surface area contributed by atoms with E-state index in [1.807, 2.05) is 36.6 Å². The summed E-state index contributed by atoms with van der Waals surface area (Å²) in [5, 5.41) is 13.8. The lowest BCUT2D eigenvalue weighted by atomic mass is 10.1. The third kappa shape index (κ3) is 5.01. The van der Waals surface area contributed by atoms with Crippen molar-refractivity contribution in [3.05, 3.63) is 48.0 Å². The predicted molar refractivity (Wildman–Crippen MR) is 123 cm³/mol. The van der Waals surface area contributed by atoms with Gasteiger partial charge in [0, 0.05) is 5.56 Å². The number of methoxy groups -OCH3 is 2. The molecule has 1 heterocycles. The predicted octanol–water partition coefficient (Wildman–Crippen LogP) is 5.29. The molecule has 0 fully saturated rings. The van der Waals surface area contributed by atoms with Gasteiger partial charge in [0.15, 0.2) is 22.5 Å². The fourth-order valence-electron chi connectivity index (χ4n) is 2.96. The van der Waals surface area contributed by atoms with Crippen molar-refractivity contribution >= 4 is 23.3 Å². The summed E-state index contributed by atoms with van der Waals surface area (Å²) in [5.41, 5.74) is 2.30. The monoisotopic (exact) mass is 436 g/mol. The van der Waals surface area contributed by atoms with Crippen molar-refractivity contribution in [2.75, 3.05) is 32.4 Å². The van der Waals surface area contributed by atoms with Crippen LogP contribution >= 0.6 is 11.8 Å². The van der Waals surface area contributed by atoms with E-state index in [0.717, 1.165) is 17.7 Å². The minimum absolute atomic E-state index is 0.329. The Morgan fingerprint density at radius 1 is 1.03 bits per heavy atom. The van der Waals surface area contributed by atoms with E-state index >= 15 is 0 Å². The Kier molecular flexibility index (Phi) is 7.57. The second-order valence-electron chi connectivity index (χ2n) is 6.43. The second-order valence-corrected chi connectivity index (χ2v) is 7.21. The molecule has 0 aliphatic rings. The number of aromatic nitrogens is 2. The largest absolute Gasteiger partial charge is 0.493 e. The molecule has 0 aliphatic carbocycles. The summed E-state index contributed by atoms with van der Waals surface area (Å²) < 4.78 is 16.6. The van der Waals surface area contributed by atoms with Gasteiger partial charge in [0.2, 0.25) is 0 Å². The lowest BCUT2D eigenvalue weighted by molar-refractivity contribution is 0.319. The molecule has 3 aromatic rings. The Hall–Kier alpha value is -3.44. The molecule has 0 saturated heterocycles. The molecule has 1 N–H and O–H groups in total. The molecule has 7 nitrogen and oxygen atoms in total. The van der Waals surface area contributed by atoms with Crippen LogP contribution in [0.4, 0.5) is 11.5 Å². The Labute approximate surface area is 186 Å². The van der Waals surface area contributed by atoms with E-state index in [0.29, 0.717) is 46.1 Å². The standard InChI is InChI=1S/C23H24N4O3S/c1-5-12-30-18-9-7-6-8-17(18)25-22-16(14-24)21(26-23(27-22)31-4)15-10-11-19(28-2)20(13-15)29-3/h6-11,13H,5,12H2,1-4H3,(H,25,26,27). The fourth-order valence-corrected chi connectivity index (χ4v) is 3.32. The molecule has 160 valence electrons. The van der Waals surface area contributed by atoms with E-state index in [1.165, 1.54) is 11.8 Å². The van der Waals surface area contributed by atoms with Gasteiger partial charge in [0.1, 0.15) is 17.4 Å². The molecule has 0 amide bonds. The van der Waals surface area contributed by atoms with Gasteiger partial charge in [0.25, 0.3) is 0 Å². The topological polar surface area (TPSA) is 89.3 Å². The smallest absolute Gasteiger partial charge is 0.189 e. The minimum Gasteiger partial charge on any atom is -0.493 e. The van der Waals surface area contributed by atoms with Gasteiger partial charge in [-0.3, -0.25) is 0 Å². The number of thioether (sulfide) groups is 1. The lowest BCUT2D eigenvalue weighted by Gasteiger charge is -2.16. The van der Waals surface area contributed by atoms with Crippen molar-refractivity contribution in [2.24, 2.45) is 0 Å². The molecule has 3 rings (SSSR count). The maximum Gasteiger partial charge on any atom is 0.189 e. The van der Waals surface area contributed by atoms with Crippen LogP contribution in [0.3, 0.4) is 0 Å². The SMILES string of the molecule is CCCOc1ccccc1Nc1nc(SC)nc(-c2ccc(OC)c(OC)c2)c1C#N. The van der Waals surface area contributed by atoms with Crippen LogP contribution in [0.2, 0.25) is 0 Å². The summed E-state index contributed by atoms with van der Waals surface area (Å²) >= 11 is 1.40. The van der Waals surface area contributed by atoms with Crippen molar-refractivity contribution in [1.82, 2.24) is 9.97 Å². The van der Waals surface area contributed by atoms with E-state index in [-0.39, 0.29) is 0 Å². The molecule has 1 aromatic heterocycles. The highest BCUT2D eigenvalue weighted by Gasteiger charge is 2.19. The summed E-state index contributed by atoms with van der Waals surface area (Å²) in [6, 6.07) is 15.3. The molecule has 0 radical (unpaired) electrons. The highest BCUT2D eigenvalue weighted by Crippen LogP contribution is 2.36. The van der Waals surface area contributed by atoms with Gasteiger partial charge in [-0.25, -0.2) is 9.97 Å². The van der Waals surface area contributed by atoms with Gasteiger partial charge in [-0.15, -0.1) is 0 Å². The summed E-state index contributed by atoms with van der Waals surface area (Å²) in [6.07, 6.45) is 2.78. The van der Waals surface area contributed by atoms with Crippen molar-refractivity contribution in [3.63, 3.8) is 0 Å². The minimum atomic E-state index is 0.329. The van der Waals surface area contributed by atoms with E-state index in [4.69, 9.17) is 14.2 Å². The van der Waals surface area contributed by atoms with Gasteiger partial charge in [-0.05, 0) is 43.0 Å². The quantitative estimate of drug-likeness (QED) is 0.358. The van der Waals surface area contributed by atoms with E-state index < -0.39 is 0 Å². The number of nitriles is 1. The molecule has 0 aliphatic heterocycles. The van der Waals surface area contributed by atoms with Crippen molar-refractivity contribution < 1.29 is 14.2 Å². The van der Waals surface area contributed by atoms with Crippen LogP contribution < -0.4 is 19.5 Å². The Morgan fingerprint density at radius 2 is 1.81 bits per heavy atom. The number of nitrogens with zero attached hydrogens (tertiary/aromatic N) is 3. The zero-order valence-electron chi connectivity index (χ0n) is 17.9. The number of hydrogen-bond donors (Lipinski definition) is 1. The maximum atomic E-state index is 9.98. The molecule has 0 bridgehead atoms. The molecule has 31 heavy (non-hydrogen) atoms. The van der Waals surface area contributed by atoms with Crippen LogP contribution in [0.1, 0.15) is 18.9 Å². The molecule has 0 atom stereocenters. The first kappa shape index (κ1) is 22.2. The second kappa shape index (κ2) is 10.5. The van der Waals surface area contributed by atoms with Crippen molar-refractivity contribution in [1.29, 1.82) is 5.26 Å². The van der Waals surface area contributed by atoms with E-state index in [1.54, 1.807) is 26.4 Å². The Morgan fingerprint density at radius 3 is 2.48 bits per heavy atom. The molecular formula is C23H24N4O3S. The number of anilines is 2. The van der Waals surface area contributed by atoms with Crippen LogP contribution in [0.5, 0.6) is 17.2 Å². The third-order valence-electron chi connectivity index (χ3n) is 4.44. The first-order valence-electron chi connectivity index (χ1n) is 9.72. The number of rotatable bonds is 9. The molecule has 2 aromatic carbocycles. The molecule has 0 saturated carbocycles. The lowest BCUT2D eigenvalue weighted by Crippen LogP contribution is -2.05. The molecule has 0 unspecified atom stereocenters. The van der Waals surface area contributed by atoms with Gasteiger partial charge in [0.05, 0.1) is 32.2 Å². The summed E-state index contributed by atoms with van der Waals surface area (Å²) in [4.78, 5) is 9.15. The normalized spacial score (nSPS) is 10.3.